The minimum absolute atomic E-state index is 0.0923. The van der Waals surface area contributed by atoms with Crippen LogP contribution in [0.1, 0.15) is 30.5 Å². The molecule has 0 aliphatic carbocycles. The van der Waals surface area contributed by atoms with E-state index in [4.69, 9.17) is 4.74 Å². The molecule has 0 saturated carbocycles. The van der Waals surface area contributed by atoms with E-state index in [0.29, 0.717) is 30.9 Å². The maximum absolute atomic E-state index is 14.7. The minimum Gasteiger partial charge on any atom is -0.483 e. The number of halogens is 4. The first kappa shape index (κ1) is 24.1. The van der Waals surface area contributed by atoms with Crippen molar-refractivity contribution in [3.8, 4) is 5.75 Å². The maximum Gasteiger partial charge on any atom is 0.416 e. The van der Waals surface area contributed by atoms with Gasteiger partial charge in [0.2, 0.25) is 0 Å². The van der Waals surface area contributed by atoms with Crippen LogP contribution in [-0.4, -0.2) is 19.2 Å². The van der Waals surface area contributed by atoms with E-state index in [1.165, 1.54) is 34.5 Å². The van der Waals surface area contributed by atoms with Crippen molar-refractivity contribution in [2.75, 3.05) is 18.0 Å². The number of alkyl halides is 3. The fourth-order valence-corrected chi connectivity index (χ4v) is 4.76. The highest BCUT2D eigenvalue weighted by Gasteiger charge is 2.32. The summed E-state index contributed by atoms with van der Waals surface area (Å²) >= 11 is 0. The summed E-state index contributed by atoms with van der Waals surface area (Å²) < 4.78 is 59.8. The summed E-state index contributed by atoms with van der Waals surface area (Å²) in [7, 11) is 0. The lowest BCUT2D eigenvalue weighted by atomic mass is 9.99. The highest BCUT2D eigenvalue weighted by molar-refractivity contribution is 5.86. The number of anilines is 2. The zero-order valence-corrected chi connectivity index (χ0v) is 19.7. The maximum atomic E-state index is 14.7. The van der Waals surface area contributed by atoms with E-state index in [9.17, 15) is 17.6 Å². The minimum atomic E-state index is -4.41. The van der Waals surface area contributed by atoms with Gasteiger partial charge in [-0.2, -0.15) is 13.2 Å². The normalized spacial score (nSPS) is 16.5. The fraction of sp³-hybridized carbons (Fsp3) is 0.241. The molecular weight excluding hydrogens is 468 g/mol. The van der Waals surface area contributed by atoms with Crippen LogP contribution in [0.5, 0.6) is 5.75 Å². The molecule has 0 fully saturated rings. The molecule has 0 saturated heterocycles. The van der Waals surface area contributed by atoms with Gasteiger partial charge >= 0.3 is 6.18 Å². The summed E-state index contributed by atoms with van der Waals surface area (Å²) in [5, 5.41) is 5.91. The van der Waals surface area contributed by atoms with Gasteiger partial charge in [0.05, 0.1) is 17.8 Å². The molecular formula is C29H26F4N2O. The summed E-state index contributed by atoms with van der Waals surface area (Å²) in [6.45, 7) is 3.12. The van der Waals surface area contributed by atoms with Gasteiger partial charge in [-0.25, -0.2) is 4.39 Å². The first-order chi connectivity index (χ1) is 17.3. The van der Waals surface area contributed by atoms with Crippen LogP contribution in [0.4, 0.5) is 28.9 Å². The van der Waals surface area contributed by atoms with Gasteiger partial charge in [0, 0.05) is 11.7 Å². The molecule has 1 heterocycles. The summed E-state index contributed by atoms with van der Waals surface area (Å²) in [4.78, 5) is 1.82. The predicted octanol–water partition coefficient (Wildman–Crippen LogP) is 7.64. The Morgan fingerprint density at radius 1 is 0.944 bits per heavy atom. The molecule has 0 amide bonds. The standard InChI is InChI=1S/C29H26F4N2O/c1-19(24-9-4-7-20-6-2-3-8-25(20)24)34-17-16-23-18-35(27-11-5-10-26(30)28(27)36-23)22-14-12-21(13-15-22)29(31,32)33/h2-15,19,23,34H,16-18H2,1H3. The zero-order chi connectivity index (χ0) is 25.3. The Bertz CT molecular complexity index is 1350. The van der Waals surface area contributed by atoms with Crippen LogP contribution in [0, 0.1) is 5.82 Å². The second kappa shape index (κ2) is 9.82. The van der Waals surface area contributed by atoms with Crippen LogP contribution in [0.2, 0.25) is 0 Å². The van der Waals surface area contributed by atoms with Crippen LogP contribution in [-0.2, 0) is 6.18 Å². The average Bonchev–Trinajstić information content (AvgIpc) is 2.88. The predicted molar refractivity (Wildman–Crippen MR) is 134 cm³/mol. The van der Waals surface area contributed by atoms with Gasteiger partial charge in [0.25, 0.3) is 0 Å². The van der Waals surface area contributed by atoms with E-state index in [1.807, 2.05) is 23.1 Å². The Kier molecular flexibility index (Phi) is 6.58. The van der Waals surface area contributed by atoms with Gasteiger partial charge in [-0.3, -0.25) is 0 Å². The van der Waals surface area contributed by atoms with Crippen LogP contribution >= 0.6 is 0 Å². The second-order valence-corrected chi connectivity index (χ2v) is 9.02. The third-order valence-electron chi connectivity index (χ3n) is 6.62. The molecule has 1 aliphatic heterocycles. The quantitative estimate of drug-likeness (QED) is 0.279. The average molecular weight is 495 g/mol. The Hall–Kier alpha value is -3.58. The molecule has 1 aliphatic rings. The van der Waals surface area contributed by atoms with E-state index in [0.717, 1.165) is 12.1 Å². The van der Waals surface area contributed by atoms with Crippen molar-refractivity contribution in [1.29, 1.82) is 0 Å². The molecule has 0 bridgehead atoms. The third kappa shape index (κ3) is 4.88. The molecule has 1 N–H and O–H groups in total. The number of hydrogen-bond acceptors (Lipinski definition) is 3. The Morgan fingerprint density at radius 2 is 1.67 bits per heavy atom. The molecule has 0 aromatic heterocycles. The van der Waals surface area contributed by atoms with E-state index in [1.54, 1.807) is 12.1 Å². The summed E-state index contributed by atoms with van der Waals surface area (Å²) in [5.74, 6) is -0.373. The highest BCUT2D eigenvalue weighted by Crippen LogP contribution is 2.41. The third-order valence-corrected chi connectivity index (χ3v) is 6.62. The van der Waals surface area contributed by atoms with E-state index in [2.05, 4.69) is 36.5 Å². The first-order valence-corrected chi connectivity index (χ1v) is 11.9. The van der Waals surface area contributed by atoms with Crippen molar-refractivity contribution in [1.82, 2.24) is 5.32 Å². The lowest BCUT2D eigenvalue weighted by Gasteiger charge is -2.36. The molecule has 2 unspecified atom stereocenters. The van der Waals surface area contributed by atoms with E-state index >= 15 is 0 Å². The molecule has 3 nitrogen and oxygen atoms in total. The smallest absolute Gasteiger partial charge is 0.416 e. The summed E-state index contributed by atoms with van der Waals surface area (Å²) in [5.41, 5.74) is 1.53. The number of hydrogen-bond donors (Lipinski definition) is 1. The second-order valence-electron chi connectivity index (χ2n) is 9.02. The molecule has 4 aromatic rings. The van der Waals surface area contributed by atoms with Gasteiger partial charge in [0.15, 0.2) is 11.6 Å². The molecule has 5 rings (SSSR count). The number of para-hydroxylation sites is 1. The molecule has 4 aromatic carbocycles. The van der Waals surface area contributed by atoms with Crippen LogP contribution < -0.4 is 15.0 Å². The number of ether oxygens (including phenoxy) is 1. The number of rotatable bonds is 6. The van der Waals surface area contributed by atoms with E-state index < -0.39 is 17.6 Å². The highest BCUT2D eigenvalue weighted by atomic mass is 19.4. The van der Waals surface area contributed by atoms with Crippen molar-refractivity contribution in [3.63, 3.8) is 0 Å². The van der Waals surface area contributed by atoms with Crippen molar-refractivity contribution >= 4 is 22.1 Å². The lowest BCUT2D eigenvalue weighted by molar-refractivity contribution is -0.137. The van der Waals surface area contributed by atoms with Gasteiger partial charge in [-0.1, -0.05) is 48.5 Å². The number of benzene rings is 4. The number of nitrogens with zero attached hydrogens (tertiary/aromatic N) is 1. The number of fused-ring (bicyclic) bond motifs is 2. The Balaban J connectivity index is 1.31. The summed E-state index contributed by atoms with van der Waals surface area (Å²) in [6.07, 6.45) is -4.16. The lowest BCUT2D eigenvalue weighted by Crippen LogP contribution is -2.39. The summed E-state index contributed by atoms with van der Waals surface area (Å²) in [6, 6.07) is 24.1. The van der Waals surface area contributed by atoms with Gasteiger partial charge in [0.1, 0.15) is 6.10 Å². The van der Waals surface area contributed by atoms with Gasteiger partial charge in [-0.05, 0) is 72.6 Å². The van der Waals surface area contributed by atoms with Crippen LogP contribution in [0.3, 0.4) is 0 Å². The fourth-order valence-electron chi connectivity index (χ4n) is 4.76. The monoisotopic (exact) mass is 494 g/mol. The van der Waals surface area contributed by atoms with Crippen molar-refractivity contribution < 1.29 is 22.3 Å². The van der Waals surface area contributed by atoms with Crippen molar-refractivity contribution in [2.24, 2.45) is 0 Å². The number of nitrogens with one attached hydrogen (secondary N) is 1. The van der Waals surface area contributed by atoms with E-state index in [-0.39, 0.29) is 17.9 Å². The van der Waals surface area contributed by atoms with Gasteiger partial charge < -0.3 is 15.0 Å². The topological polar surface area (TPSA) is 24.5 Å². The largest absolute Gasteiger partial charge is 0.483 e. The Labute approximate surface area is 207 Å². The van der Waals surface area contributed by atoms with Gasteiger partial charge in [-0.15, -0.1) is 0 Å². The molecule has 0 spiro atoms. The van der Waals surface area contributed by atoms with Crippen LogP contribution in [0.25, 0.3) is 10.8 Å². The molecule has 7 heteroatoms. The van der Waals surface area contributed by atoms with Crippen molar-refractivity contribution in [2.45, 2.75) is 31.7 Å². The first-order valence-electron chi connectivity index (χ1n) is 11.9. The molecule has 2 atom stereocenters. The zero-order valence-electron chi connectivity index (χ0n) is 19.7. The Morgan fingerprint density at radius 3 is 2.44 bits per heavy atom. The van der Waals surface area contributed by atoms with Crippen molar-refractivity contribution in [3.05, 3.63) is 102 Å². The molecule has 0 radical (unpaired) electrons. The van der Waals surface area contributed by atoms with Crippen LogP contribution in [0.15, 0.2) is 84.9 Å². The molecule has 36 heavy (non-hydrogen) atoms. The SMILES string of the molecule is CC(NCCC1CN(c2ccc(C(F)(F)F)cc2)c2cccc(F)c2O1)c1cccc2ccccc12. The molecule has 186 valence electrons.